The SMILES string of the molecule is Cc1nnnn1-c1ccc(C(=O)NC2CC(C)(C)Oc3ccccc32)cc1. The van der Waals surface area contributed by atoms with Crippen LogP contribution in [0.5, 0.6) is 5.75 Å². The molecule has 1 amide bonds. The molecule has 0 saturated heterocycles. The molecule has 7 nitrogen and oxygen atoms in total. The fraction of sp³-hybridized carbons (Fsp3) is 0.300. The fourth-order valence-electron chi connectivity index (χ4n) is 3.40. The summed E-state index contributed by atoms with van der Waals surface area (Å²) in [4.78, 5) is 12.8. The first kappa shape index (κ1) is 17.2. The van der Waals surface area contributed by atoms with Gasteiger partial charge in [-0.2, -0.15) is 4.68 Å². The molecule has 0 radical (unpaired) electrons. The van der Waals surface area contributed by atoms with Crippen LogP contribution in [-0.2, 0) is 0 Å². The van der Waals surface area contributed by atoms with E-state index in [0.717, 1.165) is 17.0 Å². The lowest BCUT2D eigenvalue weighted by atomic mass is 9.89. The predicted octanol–water partition coefficient (Wildman–Crippen LogP) is 3.00. The van der Waals surface area contributed by atoms with E-state index in [0.29, 0.717) is 17.8 Å². The Labute approximate surface area is 157 Å². The summed E-state index contributed by atoms with van der Waals surface area (Å²) >= 11 is 0. The summed E-state index contributed by atoms with van der Waals surface area (Å²) in [5.74, 6) is 1.39. The van der Waals surface area contributed by atoms with E-state index in [2.05, 4.69) is 20.8 Å². The maximum Gasteiger partial charge on any atom is 0.251 e. The lowest BCUT2D eigenvalue weighted by Gasteiger charge is -2.37. The van der Waals surface area contributed by atoms with Crippen molar-refractivity contribution < 1.29 is 9.53 Å². The monoisotopic (exact) mass is 363 g/mol. The van der Waals surface area contributed by atoms with Crippen LogP contribution in [0.3, 0.4) is 0 Å². The molecule has 7 heteroatoms. The van der Waals surface area contributed by atoms with Gasteiger partial charge in [-0.05, 0) is 61.5 Å². The summed E-state index contributed by atoms with van der Waals surface area (Å²) in [5, 5.41) is 14.6. The second kappa shape index (κ2) is 6.50. The van der Waals surface area contributed by atoms with E-state index in [1.165, 1.54) is 0 Å². The van der Waals surface area contributed by atoms with Crippen LogP contribution in [0, 0.1) is 6.92 Å². The third kappa shape index (κ3) is 3.40. The van der Waals surface area contributed by atoms with Gasteiger partial charge in [0.1, 0.15) is 11.4 Å². The van der Waals surface area contributed by atoms with Crippen LogP contribution in [-0.4, -0.2) is 31.7 Å². The van der Waals surface area contributed by atoms with Crippen LogP contribution in [0.4, 0.5) is 0 Å². The molecule has 0 spiro atoms. The highest BCUT2D eigenvalue weighted by Gasteiger charge is 2.34. The van der Waals surface area contributed by atoms with Gasteiger partial charge in [0.15, 0.2) is 5.82 Å². The zero-order valence-electron chi connectivity index (χ0n) is 15.5. The molecule has 1 aliphatic rings. The number of hydrogen-bond acceptors (Lipinski definition) is 5. The lowest BCUT2D eigenvalue weighted by Crippen LogP contribution is -2.41. The summed E-state index contributed by atoms with van der Waals surface area (Å²) in [7, 11) is 0. The third-order valence-corrected chi connectivity index (χ3v) is 4.68. The number of ether oxygens (including phenoxy) is 1. The number of para-hydroxylation sites is 1. The molecule has 1 aliphatic heterocycles. The van der Waals surface area contributed by atoms with Crippen LogP contribution in [0.15, 0.2) is 48.5 Å². The number of aromatic nitrogens is 4. The molecule has 0 saturated carbocycles. The fourth-order valence-corrected chi connectivity index (χ4v) is 3.40. The molecule has 4 rings (SSSR count). The molecular formula is C20H21N5O2. The van der Waals surface area contributed by atoms with E-state index in [1.807, 2.05) is 57.2 Å². The van der Waals surface area contributed by atoms with Crippen LogP contribution >= 0.6 is 0 Å². The van der Waals surface area contributed by atoms with E-state index in [-0.39, 0.29) is 17.6 Å². The number of nitrogens with one attached hydrogen (secondary N) is 1. The molecule has 3 aromatic rings. The topological polar surface area (TPSA) is 81.9 Å². The molecule has 2 heterocycles. The van der Waals surface area contributed by atoms with Gasteiger partial charge in [0, 0.05) is 17.5 Å². The maximum atomic E-state index is 12.8. The molecule has 2 aromatic carbocycles. The number of aryl methyl sites for hydroxylation is 1. The second-order valence-electron chi connectivity index (χ2n) is 7.31. The number of benzene rings is 2. The minimum atomic E-state index is -0.340. The first-order valence-electron chi connectivity index (χ1n) is 8.87. The van der Waals surface area contributed by atoms with Crippen LogP contribution in [0.1, 0.15) is 48.1 Å². The number of nitrogens with zero attached hydrogens (tertiary/aromatic N) is 4. The van der Waals surface area contributed by atoms with Crippen molar-refractivity contribution in [3.05, 3.63) is 65.5 Å². The minimum absolute atomic E-state index is 0.0983. The van der Waals surface area contributed by atoms with Crippen molar-refractivity contribution in [3.63, 3.8) is 0 Å². The van der Waals surface area contributed by atoms with Crippen molar-refractivity contribution in [1.82, 2.24) is 25.5 Å². The standard InChI is InChI=1S/C20H21N5O2/c1-13-22-23-24-25(13)15-10-8-14(9-11-15)19(26)21-17-12-20(2,3)27-18-7-5-4-6-16(17)18/h4-11,17H,12H2,1-3H3,(H,21,26). The number of fused-ring (bicyclic) bond motifs is 1. The number of hydrogen-bond donors (Lipinski definition) is 1. The third-order valence-electron chi connectivity index (χ3n) is 4.68. The number of amides is 1. The van der Waals surface area contributed by atoms with Gasteiger partial charge in [-0.3, -0.25) is 4.79 Å². The first-order valence-corrected chi connectivity index (χ1v) is 8.87. The molecule has 0 aliphatic carbocycles. The van der Waals surface area contributed by atoms with Gasteiger partial charge >= 0.3 is 0 Å². The summed E-state index contributed by atoms with van der Waals surface area (Å²) in [6.07, 6.45) is 0.706. The Bertz CT molecular complexity index is 978. The van der Waals surface area contributed by atoms with Crippen molar-refractivity contribution in [1.29, 1.82) is 0 Å². The van der Waals surface area contributed by atoms with Gasteiger partial charge in [-0.1, -0.05) is 18.2 Å². The molecule has 1 unspecified atom stereocenters. The molecule has 0 bridgehead atoms. The molecular weight excluding hydrogens is 342 g/mol. The summed E-state index contributed by atoms with van der Waals surface area (Å²) in [6, 6.07) is 15.0. The number of carbonyl (C=O) groups is 1. The number of rotatable bonds is 3. The van der Waals surface area contributed by atoms with Crippen LogP contribution < -0.4 is 10.1 Å². The Hall–Kier alpha value is -3.22. The lowest BCUT2D eigenvalue weighted by molar-refractivity contribution is 0.0620. The van der Waals surface area contributed by atoms with Gasteiger partial charge in [0.2, 0.25) is 0 Å². The highest BCUT2D eigenvalue weighted by atomic mass is 16.5. The Kier molecular flexibility index (Phi) is 4.14. The molecule has 27 heavy (non-hydrogen) atoms. The van der Waals surface area contributed by atoms with Gasteiger partial charge in [0.25, 0.3) is 5.91 Å². The van der Waals surface area contributed by atoms with E-state index in [4.69, 9.17) is 4.74 Å². The largest absolute Gasteiger partial charge is 0.487 e. The quantitative estimate of drug-likeness (QED) is 0.773. The molecule has 138 valence electrons. The Morgan fingerprint density at radius 3 is 2.63 bits per heavy atom. The molecule has 1 atom stereocenters. The van der Waals surface area contributed by atoms with Gasteiger partial charge < -0.3 is 10.1 Å². The van der Waals surface area contributed by atoms with Crippen molar-refractivity contribution in [2.45, 2.75) is 38.8 Å². The van der Waals surface area contributed by atoms with E-state index < -0.39 is 0 Å². The summed E-state index contributed by atoms with van der Waals surface area (Å²) in [6.45, 7) is 5.89. The van der Waals surface area contributed by atoms with Gasteiger partial charge in [-0.25, -0.2) is 0 Å². The zero-order valence-corrected chi connectivity index (χ0v) is 15.5. The minimum Gasteiger partial charge on any atom is -0.487 e. The van der Waals surface area contributed by atoms with Gasteiger partial charge in [0.05, 0.1) is 11.7 Å². The average Bonchev–Trinajstić information content (AvgIpc) is 3.07. The van der Waals surface area contributed by atoms with E-state index in [9.17, 15) is 4.79 Å². The maximum absolute atomic E-state index is 12.8. The number of tetrazole rings is 1. The predicted molar refractivity (Wildman–Crippen MR) is 99.9 cm³/mol. The normalized spacial score (nSPS) is 17.7. The Morgan fingerprint density at radius 1 is 1.19 bits per heavy atom. The second-order valence-corrected chi connectivity index (χ2v) is 7.31. The molecule has 1 aromatic heterocycles. The highest BCUT2D eigenvalue weighted by Crippen LogP contribution is 2.39. The zero-order chi connectivity index (χ0) is 19.0. The Balaban J connectivity index is 1.55. The van der Waals surface area contributed by atoms with Gasteiger partial charge in [-0.15, -0.1) is 5.10 Å². The number of carbonyl (C=O) groups excluding carboxylic acids is 1. The van der Waals surface area contributed by atoms with Crippen molar-refractivity contribution in [2.75, 3.05) is 0 Å². The molecule has 0 fully saturated rings. The van der Waals surface area contributed by atoms with E-state index >= 15 is 0 Å². The summed E-state index contributed by atoms with van der Waals surface area (Å²) < 4.78 is 7.66. The Morgan fingerprint density at radius 2 is 1.93 bits per heavy atom. The highest BCUT2D eigenvalue weighted by molar-refractivity contribution is 5.94. The van der Waals surface area contributed by atoms with Crippen LogP contribution in [0.25, 0.3) is 5.69 Å². The molecule has 1 N–H and O–H groups in total. The smallest absolute Gasteiger partial charge is 0.251 e. The first-order chi connectivity index (χ1) is 12.9. The summed E-state index contributed by atoms with van der Waals surface area (Å²) in [5.41, 5.74) is 2.07. The van der Waals surface area contributed by atoms with Crippen molar-refractivity contribution in [2.24, 2.45) is 0 Å². The van der Waals surface area contributed by atoms with Crippen molar-refractivity contribution in [3.8, 4) is 11.4 Å². The van der Waals surface area contributed by atoms with Crippen LogP contribution in [0.2, 0.25) is 0 Å². The average molecular weight is 363 g/mol. The van der Waals surface area contributed by atoms with E-state index in [1.54, 1.807) is 16.8 Å². The van der Waals surface area contributed by atoms with Crippen molar-refractivity contribution >= 4 is 5.91 Å².